The van der Waals surface area contributed by atoms with Crippen molar-refractivity contribution in [2.75, 3.05) is 26.2 Å². The Morgan fingerprint density at radius 1 is 1.05 bits per heavy atom. The Balaban J connectivity index is 1.18. The summed E-state index contributed by atoms with van der Waals surface area (Å²) >= 11 is 6.35. The quantitative estimate of drug-likeness (QED) is 0.362. The van der Waals surface area contributed by atoms with Crippen LogP contribution in [0.15, 0.2) is 30.3 Å². The highest BCUT2D eigenvalue weighted by molar-refractivity contribution is 6.31. The zero-order valence-electron chi connectivity index (χ0n) is 21.1. The van der Waals surface area contributed by atoms with Gasteiger partial charge < -0.3 is 4.90 Å². The van der Waals surface area contributed by atoms with Crippen molar-refractivity contribution in [2.45, 2.75) is 40.2 Å². The highest BCUT2D eigenvalue weighted by atomic mass is 35.5. The third kappa shape index (κ3) is 5.05. The fourth-order valence-corrected chi connectivity index (χ4v) is 5.01. The second kappa shape index (κ2) is 10.3. The van der Waals surface area contributed by atoms with Gasteiger partial charge in [0.2, 0.25) is 5.91 Å². The highest BCUT2D eigenvalue weighted by Crippen LogP contribution is 2.25. The van der Waals surface area contributed by atoms with Crippen LogP contribution in [0.4, 0.5) is 5.69 Å². The standard InChI is InChI=1S/C26H28ClN9O/c1-17-22(18(2)35(31-17)25-9-8-24-30-29-19(3)36(24)32-25)7-10-26(37)34-13-11-33(12-14-34)16-20-5-6-21(28-4)15-23(20)27/h5-6,8-9,15H,7,10-14,16H2,1-3H3. The number of hydrogen-bond donors (Lipinski definition) is 0. The topological polar surface area (TPSA) is 88.8 Å². The molecular formula is C26H28ClN9O. The molecule has 4 aromatic rings. The number of piperazine rings is 1. The predicted octanol–water partition coefficient (Wildman–Crippen LogP) is 3.72. The van der Waals surface area contributed by atoms with Crippen LogP contribution in [0.5, 0.6) is 0 Å². The molecule has 5 rings (SSSR count). The van der Waals surface area contributed by atoms with Crippen LogP contribution in [0.2, 0.25) is 5.02 Å². The fraction of sp³-hybridized carbons (Fsp3) is 0.385. The molecule has 3 aromatic heterocycles. The van der Waals surface area contributed by atoms with E-state index in [9.17, 15) is 4.79 Å². The monoisotopic (exact) mass is 517 g/mol. The van der Waals surface area contributed by atoms with Crippen LogP contribution in [0.25, 0.3) is 16.3 Å². The SMILES string of the molecule is [C-]#[N+]c1ccc(CN2CCN(C(=O)CCc3c(C)nn(-c4ccc5nnc(C)n5n4)c3C)CC2)c(Cl)c1. The van der Waals surface area contributed by atoms with Crippen LogP contribution >= 0.6 is 11.6 Å². The predicted molar refractivity (Wildman–Crippen MR) is 140 cm³/mol. The Labute approximate surface area is 220 Å². The van der Waals surface area contributed by atoms with Gasteiger partial charge in [0, 0.05) is 49.9 Å². The Hall–Kier alpha value is -3.81. The number of carbonyl (C=O) groups is 1. The number of benzene rings is 1. The summed E-state index contributed by atoms with van der Waals surface area (Å²) in [7, 11) is 0. The van der Waals surface area contributed by atoms with E-state index < -0.39 is 0 Å². The normalized spacial score (nSPS) is 14.3. The molecule has 0 saturated carbocycles. The Morgan fingerprint density at radius 2 is 1.84 bits per heavy atom. The first kappa shape index (κ1) is 24.9. The van der Waals surface area contributed by atoms with Crippen molar-refractivity contribution in [1.29, 1.82) is 0 Å². The van der Waals surface area contributed by atoms with Crippen LogP contribution in [0, 0.1) is 27.3 Å². The Bertz CT molecular complexity index is 1510. The number of rotatable bonds is 6. The molecule has 1 aliphatic heterocycles. The number of hydrogen-bond acceptors (Lipinski definition) is 6. The van der Waals surface area contributed by atoms with Crippen LogP contribution < -0.4 is 0 Å². The van der Waals surface area contributed by atoms with E-state index in [1.54, 1.807) is 16.6 Å². The van der Waals surface area contributed by atoms with Crippen molar-refractivity contribution in [2.24, 2.45) is 0 Å². The summed E-state index contributed by atoms with van der Waals surface area (Å²) < 4.78 is 3.52. The summed E-state index contributed by atoms with van der Waals surface area (Å²) in [5.41, 5.74) is 5.20. The van der Waals surface area contributed by atoms with Gasteiger partial charge in [-0.3, -0.25) is 9.69 Å². The van der Waals surface area contributed by atoms with Gasteiger partial charge in [-0.15, -0.1) is 15.3 Å². The first-order valence-electron chi connectivity index (χ1n) is 12.2. The second-order valence-corrected chi connectivity index (χ2v) is 9.72. The van der Waals surface area contributed by atoms with E-state index in [4.69, 9.17) is 23.3 Å². The van der Waals surface area contributed by atoms with E-state index in [0.717, 1.165) is 35.6 Å². The summed E-state index contributed by atoms with van der Waals surface area (Å²) in [6.45, 7) is 16.6. The van der Waals surface area contributed by atoms with Gasteiger partial charge in [0.1, 0.15) is 0 Å². The molecule has 1 saturated heterocycles. The number of fused-ring (bicyclic) bond motifs is 1. The zero-order chi connectivity index (χ0) is 26.1. The minimum atomic E-state index is 0.158. The summed E-state index contributed by atoms with van der Waals surface area (Å²) in [5, 5.41) is 18.1. The molecule has 0 unspecified atom stereocenters. The lowest BCUT2D eigenvalue weighted by atomic mass is 10.1. The van der Waals surface area contributed by atoms with Crippen molar-refractivity contribution >= 4 is 28.8 Å². The van der Waals surface area contributed by atoms with E-state index in [2.05, 4.69) is 25.0 Å². The number of nitrogens with zero attached hydrogens (tertiary/aromatic N) is 9. The lowest BCUT2D eigenvalue weighted by Crippen LogP contribution is -2.48. The van der Waals surface area contributed by atoms with E-state index in [1.807, 2.05) is 48.6 Å². The minimum absolute atomic E-state index is 0.158. The third-order valence-corrected chi connectivity index (χ3v) is 7.29. The molecule has 1 fully saturated rings. The van der Waals surface area contributed by atoms with Gasteiger partial charge in [0.05, 0.1) is 12.3 Å². The number of carbonyl (C=O) groups excluding carboxylic acids is 1. The first-order valence-corrected chi connectivity index (χ1v) is 12.6. The largest absolute Gasteiger partial charge is 0.340 e. The third-order valence-electron chi connectivity index (χ3n) is 6.94. The summed E-state index contributed by atoms with van der Waals surface area (Å²) in [6, 6.07) is 9.17. The summed E-state index contributed by atoms with van der Waals surface area (Å²) in [4.78, 5) is 20.7. The fourth-order valence-electron chi connectivity index (χ4n) is 4.78. The molecule has 37 heavy (non-hydrogen) atoms. The maximum Gasteiger partial charge on any atom is 0.222 e. The molecule has 0 bridgehead atoms. The molecule has 0 N–H and O–H groups in total. The smallest absolute Gasteiger partial charge is 0.222 e. The maximum atomic E-state index is 13.0. The minimum Gasteiger partial charge on any atom is -0.340 e. The molecule has 190 valence electrons. The highest BCUT2D eigenvalue weighted by Gasteiger charge is 2.23. The average molecular weight is 518 g/mol. The van der Waals surface area contributed by atoms with Gasteiger partial charge in [-0.1, -0.05) is 23.7 Å². The Morgan fingerprint density at radius 3 is 2.57 bits per heavy atom. The molecule has 0 radical (unpaired) electrons. The molecule has 4 heterocycles. The van der Waals surface area contributed by atoms with Crippen molar-refractivity contribution in [1.82, 2.24) is 39.4 Å². The molecule has 1 aliphatic rings. The van der Waals surface area contributed by atoms with Gasteiger partial charge in [-0.05, 0) is 56.5 Å². The maximum absolute atomic E-state index is 13.0. The molecule has 1 aromatic carbocycles. The molecule has 0 aliphatic carbocycles. The second-order valence-electron chi connectivity index (χ2n) is 9.31. The van der Waals surface area contributed by atoms with Gasteiger partial charge in [-0.25, -0.2) is 9.53 Å². The van der Waals surface area contributed by atoms with Crippen molar-refractivity contribution < 1.29 is 4.79 Å². The molecule has 0 atom stereocenters. The van der Waals surface area contributed by atoms with Gasteiger partial charge in [0.15, 0.2) is 23.0 Å². The number of aryl methyl sites for hydroxylation is 2. The molecular weight excluding hydrogens is 490 g/mol. The lowest BCUT2D eigenvalue weighted by Gasteiger charge is -2.35. The number of aromatic nitrogens is 6. The molecule has 10 nitrogen and oxygen atoms in total. The van der Waals surface area contributed by atoms with E-state index in [-0.39, 0.29) is 5.91 Å². The van der Waals surface area contributed by atoms with Crippen LogP contribution in [-0.4, -0.2) is 71.5 Å². The van der Waals surface area contributed by atoms with E-state index >= 15 is 0 Å². The van der Waals surface area contributed by atoms with Crippen LogP contribution in [0.3, 0.4) is 0 Å². The molecule has 11 heteroatoms. The van der Waals surface area contributed by atoms with E-state index in [1.165, 1.54) is 0 Å². The molecule has 1 amide bonds. The first-order chi connectivity index (χ1) is 17.8. The van der Waals surface area contributed by atoms with Crippen molar-refractivity contribution in [3.8, 4) is 5.82 Å². The lowest BCUT2D eigenvalue weighted by molar-refractivity contribution is -0.133. The van der Waals surface area contributed by atoms with Gasteiger partial charge in [-0.2, -0.15) is 9.61 Å². The Kier molecular flexibility index (Phi) is 6.91. The van der Waals surface area contributed by atoms with Gasteiger partial charge in [0.25, 0.3) is 0 Å². The number of amides is 1. The summed E-state index contributed by atoms with van der Waals surface area (Å²) in [6.07, 6.45) is 1.07. The van der Waals surface area contributed by atoms with E-state index in [0.29, 0.717) is 60.5 Å². The van der Waals surface area contributed by atoms with Crippen LogP contribution in [-0.2, 0) is 17.8 Å². The molecule has 0 spiro atoms. The number of halogens is 1. The van der Waals surface area contributed by atoms with Crippen LogP contribution in [0.1, 0.15) is 34.8 Å². The average Bonchev–Trinajstić information content (AvgIpc) is 3.42. The summed E-state index contributed by atoms with van der Waals surface area (Å²) in [5.74, 6) is 1.56. The zero-order valence-corrected chi connectivity index (χ0v) is 21.9. The van der Waals surface area contributed by atoms with Crippen molar-refractivity contribution in [3.63, 3.8) is 0 Å². The van der Waals surface area contributed by atoms with Gasteiger partial charge >= 0.3 is 0 Å². The van der Waals surface area contributed by atoms with Crippen molar-refractivity contribution in [3.05, 3.63) is 75.1 Å².